The Balaban J connectivity index is 1.41. The molecule has 1 N–H and O–H groups in total. The molecule has 0 aromatic carbocycles. The van der Waals surface area contributed by atoms with Crippen LogP contribution in [0.4, 0.5) is 4.79 Å². The summed E-state index contributed by atoms with van der Waals surface area (Å²) in [5, 5.41) is 7.22. The van der Waals surface area contributed by atoms with Gasteiger partial charge >= 0.3 is 6.03 Å². The van der Waals surface area contributed by atoms with E-state index in [0.717, 1.165) is 32.7 Å². The van der Waals surface area contributed by atoms with Gasteiger partial charge in [0.15, 0.2) is 0 Å². The van der Waals surface area contributed by atoms with Gasteiger partial charge in [-0.3, -0.25) is 14.6 Å². The predicted molar refractivity (Wildman–Crippen MR) is 91.3 cm³/mol. The number of hydrogen-bond donors (Lipinski definition) is 1. The van der Waals surface area contributed by atoms with E-state index in [9.17, 15) is 4.79 Å². The topological polar surface area (TPSA) is 66.3 Å². The SMILES string of the molecule is CC(Cn1cccn1)NC(=O)N1CCN(Cc2cccnc2)CC1. The van der Waals surface area contributed by atoms with E-state index in [4.69, 9.17) is 0 Å². The quantitative estimate of drug-likeness (QED) is 0.895. The highest BCUT2D eigenvalue weighted by atomic mass is 16.2. The Bertz CT molecular complexity index is 622. The third-order valence-electron chi connectivity index (χ3n) is 4.18. The van der Waals surface area contributed by atoms with Crippen LogP contribution in [0.25, 0.3) is 0 Å². The van der Waals surface area contributed by atoms with Crippen molar-refractivity contribution in [2.24, 2.45) is 0 Å². The molecule has 1 unspecified atom stereocenters. The highest BCUT2D eigenvalue weighted by molar-refractivity contribution is 5.74. The smallest absolute Gasteiger partial charge is 0.317 e. The lowest BCUT2D eigenvalue weighted by atomic mass is 10.2. The largest absolute Gasteiger partial charge is 0.334 e. The lowest BCUT2D eigenvalue weighted by molar-refractivity contribution is 0.133. The molecule has 3 rings (SSSR count). The number of nitrogens with zero attached hydrogens (tertiary/aromatic N) is 5. The molecular weight excluding hydrogens is 304 g/mol. The molecule has 0 spiro atoms. The van der Waals surface area contributed by atoms with Gasteiger partial charge < -0.3 is 10.2 Å². The summed E-state index contributed by atoms with van der Waals surface area (Å²) in [5.74, 6) is 0. The summed E-state index contributed by atoms with van der Waals surface area (Å²) in [7, 11) is 0. The van der Waals surface area contributed by atoms with Crippen molar-refractivity contribution in [2.75, 3.05) is 26.2 Å². The monoisotopic (exact) mass is 328 g/mol. The number of hydrogen-bond acceptors (Lipinski definition) is 4. The van der Waals surface area contributed by atoms with Crippen molar-refractivity contribution in [1.82, 2.24) is 29.9 Å². The molecule has 0 radical (unpaired) electrons. The molecule has 128 valence electrons. The molecular formula is C17H24N6O. The van der Waals surface area contributed by atoms with Gasteiger partial charge in [0.25, 0.3) is 0 Å². The molecule has 7 heteroatoms. The van der Waals surface area contributed by atoms with Crippen LogP contribution >= 0.6 is 0 Å². The average molecular weight is 328 g/mol. The van der Waals surface area contributed by atoms with E-state index >= 15 is 0 Å². The Morgan fingerprint density at radius 3 is 2.75 bits per heavy atom. The average Bonchev–Trinajstić information content (AvgIpc) is 3.09. The maximum absolute atomic E-state index is 12.4. The van der Waals surface area contributed by atoms with Crippen LogP contribution in [0.1, 0.15) is 12.5 Å². The van der Waals surface area contributed by atoms with E-state index < -0.39 is 0 Å². The first-order valence-electron chi connectivity index (χ1n) is 8.35. The summed E-state index contributed by atoms with van der Waals surface area (Å²) in [4.78, 5) is 20.8. The highest BCUT2D eigenvalue weighted by Gasteiger charge is 2.22. The molecule has 0 saturated carbocycles. The number of nitrogens with one attached hydrogen (secondary N) is 1. The molecule has 1 aliphatic rings. The molecule has 2 aromatic rings. The molecule has 0 aliphatic carbocycles. The number of rotatable bonds is 5. The Labute approximate surface area is 142 Å². The second-order valence-electron chi connectivity index (χ2n) is 6.20. The summed E-state index contributed by atoms with van der Waals surface area (Å²) >= 11 is 0. The fraction of sp³-hybridized carbons (Fsp3) is 0.471. The van der Waals surface area contributed by atoms with Crippen LogP contribution in [-0.4, -0.2) is 62.8 Å². The van der Waals surface area contributed by atoms with Crippen LogP contribution in [0.15, 0.2) is 43.0 Å². The molecule has 1 aliphatic heterocycles. The molecule has 0 bridgehead atoms. The first-order valence-corrected chi connectivity index (χ1v) is 8.35. The van der Waals surface area contributed by atoms with E-state index in [-0.39, 0.29) is 12.1 Å². The first kappa shape index (κ1) is 16.4. The maximum atomic E-state index is 12.4. The normalized spacial score (nSPS) is 16.8. The molecule has 2 aromatic heterocycles. The number of pyridine rings is 1. The molecule has 1 atom stereocenters. The lowest BCUT2D eigenvalue weighted by Crippen LogP contribution is -2.53. The molecule has 1 fully saturated rings. The fourth-order valence-electron chi connectivity index (χ4n) is 2.90. The minimum Gasteiger partial charge on any atom is -0.334 e. The maximum Gasteiger partial charge on any atom is 0.317 e. The highest BCUT2D eigenvalue weighted by Crippen LogP contribution is 2.08. The van der Waals surface area contributed by atoms with Gasteiger partial charge in [-0.25, -0.2) is 4.79 Å². The van der Waals surface area contributed by atoms with Gasteiger partial charge in [-0.05, 0) is 24.6 Å². The number of amides is 2. The van der Waals surface area contributed by atoms with Crippen molar-refractivity contribution >= 4 is 6.03 Å². The van der Waals surface area contributed by atoms with E-state index in [1.807, 2.05) is 41.0 Å². The van der Waals surface area contributed by atoms with E-state index in [1.165, 1.54) is 5.56 Å². The second-order valence-corrected chi connectivity index (χ2v) is 6.20. The minimum atomic E-state index is 0.00989. The van der Waals surface area contributed by atoms with Gasteiger partial charge in [-0.15, -0.1) is 0 Å². The molecule has 24 heavy (non-hydrogen) atoms. The Hall–Kier alpha value is -2.41. The van der Waals surface area contributed by atoms with Crippen molar-refractivity contribution in [3.8, 4) is 0 Å². The molecule has 2 amide bonds. The third-order valence-corrected chi connectivity index (χ3v) is 4.18. The van der Waals surface area contributed by atoms with Crippen molar-refractivity contribution < 1.29 is 4.79 Å². The molecule has 1 saturated heterocycles. The zero-order chi connectivity index (χ0) is 16.8. The Kier molecular flexibility index (Phi) is 5.43. The van der Waals surface area contributed by atoms with Crippen LogP contribution < -0.4 is 5.32 Å². The van der Waals surface area contributed by atoms with Crippen LogP contribution in [0, 0.1) is 0 Å². The van der Waals surface area contributed by atoms with Crippen molar-refractivity contribution in [3.63, 3.8) is 0 Å². The Morgan fingerprint density at radius 1 is 1.25 bits per heavy atom. The van der Waals surface area contributed by atoms with Gasteiger partial charge in [0.05, 0.1) is 6.54 Å². The van der Waals surface area contributed by atoms with Crippen LogP contribution in [0.3, 0.4) is 0 Å². The standard InChI is InChI=1S/C17H24N6O/c1-15(13-23-7-3-6-19-23)20-17(24)22-10-8-21(9-11-22)14-16-4-2-5-18-12-16/h2-7,12,15H,8-11,13-14H2,1H3,(H,20,24). The van der Waals surface area contributed by atoms with Gasteiger partial charge in [0.2, 0.25) is 0 Å². The van der Waals surface area contributed by atoms with Crippen molar-refractivity contribution in [3.05, 3.63) is 48.5 Å². The lowest BCUT2D eigenvalue weighted by Gasteiger charge is -2.35. The number of aromatic nitrogens is 3. The number of carbonyl (C=O) groups is 1. The number of carbonyl (C=O) groups excluding carboxylic acids is 1. The zero-order valence-electron chi connectivity index (χ0n) is 14.0. The van der Waals surface area contributed by atoms with Gasteiger partial charge in [0.1, 0.15) is 0 Å². The Morgan fingerprint density at radius 2 is 2.08 bits per heavy atom. The summed E-state index contributed by atoms with van der Waals surface area (Å²) in [6.45, 7) is 6.84. The van der Waals surface area contributed by atoms with Crippen LogP contribution in [0.5, 0.6) is 0 Å². The number of urea groups is 1. The first-order chi connectivity index (χ1) is 11.7. The van der Waals surface area contributed by atoms with Gasteiger partial charge in [0, 0.05) is 63.6 Å². The molecule has 7 nitrogen and oxygen atoms in total. The van der Waals surface area contributed by atoms with E-state index in [2.05, 4.69) is 26.4 Å². The summed E-state index contributed by atoms with van der Waals surface area (Å²) < 4.78 is 1.83. The molecule has 3 heterocycles. The predicted octanol–water partition coefficient (Wildman–Crippen LogP) is 1.19. The summed E-state index contributed by atoms with van der Waals surface area (Å²) in [6.07, 6.45) is 7.34. The fourth-order valence-corrected chi connectivity index (χ4v) is 2.90. The van der Waals surface area contributed by atoms with Crippen LogP contribution in [0.2, 0.25) is 0 Å². The van der Waals surface area contributed by atoms with Crippen molar-refractivity contribution in [1.29, 1.82) is 0 Å². The second kappa shape index (κ2) is 7.92. The number of piperazine rings is 1. The minimum absolute atomic E-state index is 0.00989. The van der Waals surface area contributed by atoms with Gasteiger partial charge in [-0.1, -0.05) is 6.07 Å². The summed E-state index contributed by atoms with van der Waals surface area (Å²) in [5.41, 5.74) is 1.21. The van der Waals surface area contributed by atoms with Crippen molar-refractivity contribution in [2.45, 2.75) is 26.1 Å². The van der Waals surface area contributed by atoms with Gasteiger partial charge in [-0.2, -0.15) is 5.10 Å². The zero-order valence-corrected chi connectivity index (χ0v) is 14.0. The van der Waals surface area contributed by atoms with E-state index in [1.54, 1.807) is 12.4 Å². The summed E-state index contributed by atoms with van der Waals surface area (Å²) in [6, 6.07) is 5.99. The third kappa shape index (κ3) is 4.55. The van der Waals surface area contributed by atoms with Crippen LogP contribution in [-0.2, 0) is 13.1 Å². The van der Waals surface area contributed by atoms with E-state index in [0.29, 0.717) is 6.54 Å².